The van der Waals surface area contributed by atoms with Crippen LogP contribution in [0.15, 0.2) is 0 Å². The van der Waals surface area contributed by atoms with Gasteiger partial charge < -0.3 is 20.5 Å². The van der Waals surface area contributed by atoms with E-state index in [2.05, 4.69) is 4.90 Å². The van der Waals surface area contributed by atoms with Crippen molar-refractivity contribution < 1.29 is 9.84 Å². The Morgan fingerprint density at radius 2 is 2.17 bits per heavy atom. The highest BCUT2D eigenvalue weighted by atomic mass is 16.5. The lowest BCUT2D eigenvalue weighted by Gasteiger charge is -2.38. The fraction of sp³-hybridized carbons (Fsp3) is 1.00. The van der Waals surface area contributed by atoms with Gasteiger partial charge in [-0.1, -0.05) is 0 Å². The number of hydrogen-bond acceptors (Lipinski definition) is 4. The van der Waals surface area contributed by atoms with Crippen molar-refractivity contribution in [3.05, 3.63) is 0 Å². The molecule has 3 N–H and O–H groups in total. The van der Waals surface area contributed by atoms with Crippen LogP contribution in [-0.4, -0.2) is 56.0 Å². The van der Waals surface area contributed by atoms with E-state index >= 15 is 0 Å². The van der Waals surface area contributed by atoms with Gasteiger partial charge in [0.25, 0.3) is 0 Å². The first kappa shape index (κ1) is 9.92. The molecule has 1 rings (SSSR count). The molecule has 4 heteroatoms. The zero-order valence-electron chi connectivity index (χ0n) is 7.41. The van der Waals surface area contributed by atoms with Gasteiger partial charge in [-0.05, 0) is 12.5 Å². The maximum atomic E-state index is 8.43. The Hall–Kier alpha value is -0.160. The molecule has 1 heterocycles. The minimum absolute atomic E-state index is 0.116. The van der Waals surface area contributed by atoms with E-state index in [4.69, 9.17) is 15.6 Å². The van der Waals surface area contributed by atoms with Gasteiger partial charge in [0, 0.05) is 19.6 Å². The van der Waals surface area contributed by atoms with Gasteiger partial charge in [-0.2, -0.15) is 0 Å². The van der Waals surface area contributed by atoms with Crippen LogP contribution in [0.4, 0.5) is 0 Å². The smallest absolute Gasteiger partial charge is 0.0698 e. The van der Waals surface area contributed by atoms with Crippen molar-refractivity contribution in [1.82, 2.24) is 4.90 Å². The summed E-state index contributed by atoms with van der Waals surface area (Å²) in [4.78, 5) is 2.31. The summed E-state index contributed by atoms with van der Waals surface area (Å²) in [6, 6.07) is 0. The monoisotopic (exact) mass is 174 g/mol. The van der Waals surface area contributed by atoms with Gasteiger partial charge in [-0.25, -0.2) is 0 Å². The van der Waals surface area contributed by atoms with Gasteiger partial charge in [0.2, 0.25) is 0 Å². The number of rotatable bonds is 6. The second-order valence-electron chi connectivity index (χ2n) is 3.20. The SMILES string of the molecule is NCC1CN(CCOCCO)C1. The summed E-state index contributed by atoms with van der Waals surface area (Å²) in [5.74, 6) is 0.697. The Labute approximate surface area is 73.3 Å². The summed E-state index contributed by atoms with van der Waals surface area (Å²) in [7, 11) is 0. The highest BCUT2D eigenvalue weighted by Crippen LogP contribution is 2.12. The minimum Gasteiger partial charge on any atom is -0.394 e. The van der Waals surface area contributed by atoms with Crippen molar-refractivity contribution in [3.63, 3.8) is 0 Å². The molecule has 0 saturated carbocycles. The van der Waals surface area contributed by atoms with Crippen LogP contribution < -0.4 is 5.73 Å². The molecule has 1 saturated heterocycles. The molecule has 0 atom stereocenters. The lowest BCUT2D eigenvalue weighted by molar-refractivity contribution is 0.0384. The van der Waals surface area contributed by atoms with Crippen molar-refractivity contribution in [1.29, 1.82) is 0 Å². The Morgan fingerprint density at radius 1 is 1.42 bits per heavy atom. The first-order valence-electron chi connectivity index (χ1n) is 4.48. The van der Waals surface area contributed by atoms with Crippen LogP contribution in [0.25, 0.3) is 0 Å². The van der Waals surface area contributed by atoms with Gasteiger partial charge in [-0.3, -0.25) is 0 Å². The molecule has 72 valence electrons. The second kappa shape index (κ2) is 5.48. The van der Waals surface area contributed by atoms with Crippen molar-refractivity contribution >= 4 is 0 Å². The zero-order chi connectivity index (χ0) is 8.81. The van der Waals surface area contributed by atoms with Crippen LogP contribution in [0.1, 0.15) is 0 Å². The summed E-state index contributed by atoms with van der Waals surface area (Å²) >= 11 is 0. The fourth-order valence-corrected chi connectivity index (χ4v) is 1.37. The number of nitrogens with zero attached hydrogens (tertiary/aromatic N) is 1. The quantitative estimate of drug-likeness (QED) is 0.501. The largest absolute Gasteiger partial charge is 0.394 e. The molecular weight excluding hydrogens is 156 g/mol. The van der Waals surface area contributed by atoms with Gasteiger partial charge in [0.05, 0.1) is 19.8 Å². The topological polar surface area (TPSA) is 58.7 Å². The molecule has 1 aliphatic rings. The Morgan fingerprint density at radius 3 is 2.75 bits per heavy atom. The van der Waals surface area contributed by atoms with E-state index in [-0.39, 0.29) is 6.61 Å². The van der Waals surface area contributed by atoms with E-state index in [9.17, 15) is 0 Å². The Balaban J connectivity index is 1.83. The van der Waals surface area contributed by atoms with E-state index < -0.39 is 0 Å². The summed E-state index contributed by atoms with van der Waals surface area (Å²) in [5.41, 5.74) is 5.48. The van der Waals surface area contributed by atoms with Gasteiger partial charge >= 0.3 is 0 Å². The molecule has 0 bridgehead atoms. The predicted molar refractivity (Wildman–Crippen MR) is 46.9 cm³/mol. The van der Waals surface area contributed by atoms with Crippen LogP contribution in [0.2, 0.25) is 0 Å². The van der Waals surface area contributed by atoms with Gasteiger partial charge in [0.15, 0.2) is 0 Å². The molecule has 0 aromatic rings. The van der Waals surface area contributed by atoms with Crippen LogP contribution in [0.3, 0.4) is 0 Å². The molecule has 0 aromatic heterocycles. The van der Waals surface area contributed by atoms with Crippen LogP contribution in [0, 0.1) is 5.92 Å². The summed E-state index contributed by atoms with van der Waals surface area (Å²) in [5, 5.41) is 8.43. The zero-order valence-corrected chi connectivity index (χ0v) is 7.41. The molecule has 1 fully saturated rings. The lowest BCUT2D eigenvalue weighted by Crippen LogP contribution is -2.50. The van der Waals surface area contributed by atoms with E-state index in [1.807, 2.05) is 0 Å². The van der Waals surface area contributed by atoms with E-state index in [1.54, 1.807) is 0 Å². The van der Waals surface area contributed by atoms with Crippen molar-refractivity contribution in [2.45, 2.75) is 0 Å². The number of ether oxygens (including phenoxy) is 1. The molecule has 12 heavy (non-hydrogen) atoms. The van der Waals surface area contributed by atoms with E-state index in [0.29, 0.717) is 12.5 Å². The highest BCUT2D eigenvalue weighted by molar-refractivity contribution is 4.79. The molecule has 0 aromatic carbocycles. The molecular formula is C8H18N2O2. The van der Waals surface area contributed by atoms with Gasteiger partial charge in [-0.15, -0.1) is 0 Å². The Kier molecular flexibility index (Phi) is 4.53. The average molecular weight is 174 g/mol. The number of nitrogens with two attached hydrogens (primary N) is 1. The number of aliphatic hydroxyl groups excluding tert-OH is 1. The first-order valence-corrected chi connectivity index (χ1v) is 4.48. The third-order valence-electron chi connectivity index (χ3n) is 2.15. The molecule has 0 unspecified atom stereocenters. The number of hydrogen-bond donors (Lipinski definition) is 2. The average Bonchev–Trinajstić information content (AvgIpc) is 2.01. The summed E-state index contributed by atoms with van der Waals surface area (Å²) in [6.45, 7) is 5.28. The number of aliphatic hydroxyl groups is 1. The van der Waals surface area contributed by atoms with Crippen LogP contribution in [0.5, 0.6) is 0 Å². The first-order chi connectivity index (χ1) is 5.86. The summed E-state index contributed by atoms with van der Waals surface area (Å²) in [6.07, 6.45) is 0. The predicted octanol–water partition coefficient (Wildman–Crippen LogP) is -1.11. The third-order valence-corrected chi connectivity index (χ3v) is 2.15. The third kappa shape index (κ3) is 3.06. The van der Waals surface area contributed by atoms with Crippen LogP contribution in [-0.2, 0) is 4.74 Å². The minimum atomic E-state index is 0.116. The number of likely N-dealkylation sites (tertiary alicyclic amines) is 1. The normalized spacial score (nSPS) is 19.5. The van der Waals surface area contributed by atoms with E-state index in [0.717, 1.165) is 32.8 Å². The maximum absolute atomic E-state index is 8.43. The molecule has 0 spiro atoms. The molecule has 0 radical (unpaired) electrons. The Bertz CT molecular complexity index is 116. The molecule has 0 amide bonds. The molecule has 4 nitrogen and oxygen atoms in total. The summed E-state index contributed by atoms with van der Waals surface area (Å²) < 4.78 is 5.14. The molecule has 0 aliphatic carbocycles. The fourth-order valence-electron chi connectivity index (χ4n) is 1.37. The van der Waals surface area contributed by atoms with E-state index in [1.165, 1.54) is 0 Å². The highest BCUT2D eigenvalue weighted by Gasteiger charge is 2.24. The maximum Gasteiger partial charge on any atom is 0.0698 e. The molecule has 1 aliphatic heterocycles. The van der Waals surface area contributed by atoms with Crippen molar-refractivity contribution in [2.24, 2.45) is 11.7 Å². The second-order valence-corrected chi connectivity index (χ2v) is 3.20. The van der Waals surface area contributed by atoms with Crippen molar-refractivity contribution in [3.8, 4) is 0 Å². The van der Waals surface area contributed by atoms with Gasteiger partial charge in [0.1, 0.15) is 0 Å². The standard InChI is InChI=1S/C8H18N2O2/c9-5-8-6-10(7-8)1-3-12-4-2-11/h8,11H,1-7,9H2. The lowest BCUT2D eigenvalue weighted by atomic mass is 10.0. The van der Waals surface area contributed by atoms with Crippen LogP contribution >= 0.6 is 0 Å². The van der Waals surface area contributed by atoms with Crippen molar-refractivity contribution in [2.75, 3.05) is 46.0 Å².